The van der Waals surface area contributed by atoms with E-state index < -0.39 is 10.0 Å². The van der Waals surface area contributed by atoms with Gasteiger partial charge < -0.3 is 4.57 Å². The number of nitrogens with zero attached hydrogens (tertiary/aromatic N) is 4. The zero-order valence-corrected chi connectivity index (χ0v) is 16.4. The van der Waals surface area contributed by atoms with Gasteiger partial charge in [0.2, 0.25) is 0 Å². The van der Waals surface area contributed by atoms with Crippen molar-refractivity contribution in [2.24, 2.45) is 7.05 Å². The highest BCUT2D eigenvalue weighted by Crippen LogP contribution is 2.33. The molecule has 1 aromatic carbocycles. The highest BCUT2D eigenvalue weighted by Gasteiger charge is 2.25. The average molecular weight is 390 g/mol. The van der Waals surface area contributed by atoms with Crippen LogP contribution in [0.1, 0.15) is 11.4 Å². The van der Waals surface area contributed by atoms with Crippen LogP contribution < -0.4 is 4.72 Å². The number of rotatable bonds is 4. The fourth-order valence-corrected chi connectivity index (χ4v) is 5.64. The summed E-state index contributed by atoms with van der Waals surface area (Å²) in [6, 6.07) is 7.32. The van der Waals surface area contributed by atoms with Gasteiger partial charge in [-0.05, 0) is 19.9 Å². The van der Waals surface area contributed by atoms with Crippen LogP contribution in [0, 0.1) is 13.8 Å². The predicted octanol–water partition coefficient (Wildman–Crippen LogP) is 2.81. The van der Waals surface area contributed by atoms with Crippen molar-refractivity contribution in [3.63, 3.8) is 0 Å². The quantitative estimate of drug-likeness (QED) is 0.742. The number of imidazole rings is 1. The second kappa shape index (κ2) is 6.17. The zero-order valence-electron chi connectivity index (χ0n) is 14.7. The summed E-state index contributed by atoms with van der Waals surface area (Å²) in [6.45, 7) is 4.37. The molecule has 2 aromatic heterocycles. The molecular weight excluding hydrogens is 370 g/mol. The maximum atomic E-state index is 13.0. The van der Waals surface area contributed by atoms with Gasteiger partial charge in [-0.2, -0.15) is 5.10 Å². The Labute approximate surface area is 156 Å². The number of hydrogen-bond donors (Lipinski definition) is 1. The zero-order chi connectivity index (χ0) is 18.5. The van der Waals surface area contributed by atoms with E-state index in [1.165, 1.54) is 0 Å². The van der Waals surface area contributed by atoms with E-state index in [4.69, 9.17) is 0 Å². The first-order chi connectivity index (χ1) is 12.4. The van der Waals surface area contributed by atoms with Crippen molar-refractivity contribution in [1.29, 1.82) is 0 Å². The highest BCUT2D eigenvalue weighted by molar-refractivity contribution is 7.99. The molecule has 0 spiro atoms. The van der Waals surface area contributed by atoms with Crippen LogP contribution in [0.4, 0.5) is 5.69 Å². The fraction of sp³-hybridized carbons (Fsp3) is 0.294. The number of para-hydroxylation sites is 1. The van der Waals surface area contributed by atoms with Crippen molar-refractivity contribution >= 4 is 27.5 Å². The van der Waals surface area contributed by atoms with Crippen molar-refractivity contribution in [1.82, 2.24) is 19.3 Å². The Kier molecular flexibility index (Phi) is 4.07. The van der Waals surface area contributed by atoms with E-state index >= 15 is 0 Å². The number of benzene rings is 1. The highest BCUT2D eigenvalue weighted by atomic mass is 32.2. The SMILES string of the molecule is Cc1nn(C)c(C)c1S(=O)(=O)Nc1ccccc1-c1cn2c(n1)SCC2. The third-order valence-electron chi connectivity index (χ3n) is 4.46. The monoisotopic (exact) mass is 389 g/mol. The third-order valence-corrected chi connectivity index (χ3v) is 7.05. The van der Waals surface area contributed by atoms with Gasteiger partial charge in [-0.3, -0.25) is 9.40 Å². The minimum Gasteiger partial charge on any atom is -0.325 e. The molecule has 0 unspecified atom stereocenters. The molecule has 1 aliphatic rings. The summed E-state index contributed by atoms with van der Waals surface area (Å²) in [6.07, 6.45) is 1.98. The largest absolute Gasteiger partial charge is 0.325 e. The number of hydrogen-bond acceptors (Lipinski definition) is 5. The lowest BCUT2D eigenvalue weighted by molar-refractivity contribution is 0.599. The van der Waals surface area contributed by atoms with Gasteiger partial charge in [0.15, 0.2) is 5.16 Å². The van der Waals surface area contributed by atoms with Gasteiger partial charge in [-0.15, -0.1) is 0 Å². The van der Waals surface area contributed by atoms with Crippen molar-refractivity contribution in [2.45, 2.75) is 30.4 Å². The summed E-state index contributed by atoms with van der Waals surface area (Å²) in [5.74, 6) is 1.02. The molecule has 7 nitrogen and oxygen atoms in total. The predicted molar refractivity (Wildman–Crippen MR) is 102 cm³/mol. The molecule has 136 valence electrons. The maximum absolute atomic E-state index is 13.0. The van der Waals surface area contributed by atoms with Crippen LogP contribution in [-0.2, 0) is 23.6 Å². The molecule has 1 N–H and O–H groups in total. The van der Waals surface area contributed by atoms with Crippen LogP contribution in [0.5, 0.6) is 0 Å². The number of aromatic nitrogens is 4. The van der Waals surface area contributed by atoms with E-state index in [9.17, 15) is 8.42 Å². The first-order valence-corrected chi connectivity index (χ1v) is 10.7. The first kappa shape index (κ1) is 17.2. The van der Waals surface area contributed by atoms with E-state index in [1.807, 2.05) is 24.4 Å². The molecule has 26 heavy (non-hydrogen) atoms. The number of thioether (sulfide) groups is 1. The molecule has 0 fully saturated rings. The number of sulfonamides is 1. The molecule has 0 radical (unpaired) electrons. The number of aryl methyl sites for hydroxylation is 3. The van der Waals surface area contributed by atoms with Gasteiger partial charge in [-0.25, -0.2) is 13.4 Å². The Balaban J connectivity index is 1.75. The lowest BCUT2D eigenvalue weighted by Crippen LogP contribution is -2.15. The summed E-state index contributed by atoms with van der Waals surface area (Å²) in [5, 5.41) is 5.18. The Morgan fingerprint density at radius 3 is 2.69 bits per heavy atom. The second-order valence-corrected chi connectivity index (χ2v) is 8.91. The number of fused-ring (bicyclic) bond motifs is 1. The van der Waals surface area contributed by atoms with Gasteiger partial charge in [0.25, 0.3) is 10.0 Å². The lowest BCUT2D eigenvalue weighted by Gasteiger charge is -2.12. The summed E-state index contributed by atoms with van der Waals surface area (Å²) in [4.78, 5) is 4.86. The minimum atomic E-state index is -3.75. The molecule has 0 bridgehead atoms. The van der Waals surface area contributed by atoms with E-state index in [2.05, 4.69) is 19.4 Å². The molecular formula is C17H19N5O2S2. The summed E-state index contributed by atoms with van der Waals surface area (Å²) >= 11 is 1.71. The smallest absolute Gasteiger partial charge is 0.265 e. The van der Waals surface area contributed by atoms with Crippen molar-refractivity contribution in [3.05, 3.63) is 41.9 Å². The minimum absolute atomic E-state index is 0.220. The van der Waals surface area contributed by atoms with E-state index in [-0.39, 0.29) is 4.90 Å². The molecule has 1 aliphatic heterocycles. The van der Waals surface area contributed by atoms with Crippen LogP contribution in [0.3, 0.4) is 0 Å². The van der Waals surface area contributed by atoms with Gasteiger partial charge in [0.1, 0.15) is 4.90 Å². The third kappa shape index (κ3) is 2.80. The molecule has 0 amide bonds. The van der Waals surface area contributed by atoms with E-state index in [0.717, 1.165) is 28.7 Å². The maximum Gasteiger partial charge on any atom is 0.265 e. The standard InChI is InChI=1S/C17H19N5O2S2/c1-11-16(12(2)21(3)19-11)26(23,24)20-14-7-5-4-6-13(14)15-10-22-8-9-25-17(22)18-15/h4-7,10,20H,8-9H2,1-3H3. The second-order valence-electron chi connectivity index (χ2n) is 6.23. The number of nitrogens with one attached hydrogen (secondary N) is 1. The van der Waals surface area contributed by atoms with Crippen LogP contribution in [0.25, 0.3) is 11.3 Å². The average Bonchev–Trinajstić information content (AvgIpc) is 3.22. The van der Waals surface area contributed by atoms with Gasteiger partial charge in [-0.1, -0.05) is 30.0 Å². The van der Waals surface area contributed by atoms with Crippen LogP contribution in [0.2, 0.25) is 0 Å². The van der Waals surface area contributed by atoms with Crippen molar-refractivity contribution in [2.75, 3.05) is 10.5 Å². The molecule has 0 saturated heterocycles. The van der Waals surface area contributed by atoms with E-state index in [1.54, 1.807) is 43.4 Å². The lowest BCUT2D eigenvalue weighted by atomic mass is 10.1. The van der Waals surface area contributed by atoms with Gasteiger partial charge >= 0.3 is 0 Å². The van der Waals surface area contributed by atoms with Crippen LogP contribution >= 0.6 is 11.8 Å². The number of anilines is 1. The summed E-state index contributed by atoms with van der Waals surface area (Å²) < 4.78 is 32.4. The summed E-state index contributed by atoms with van der Waals surface area (Å²) in [7, 11) is -2.02. The topological polar surface area (TPSA) is 81.8 Å². The molecule has 4 rings (SSSR count). The van der Waals surface area contributed by atoms with Crippen molar-refractivity contribution in [3.8, 4) is 11.3 Å². The Hall–Kier alpha value is -2.26. The molecule has 0 aliphatic carbocycles. The molecule has 3 aromatic rings. The van der Waals surface area contributed by atoms with Crippen molar-refractivity contribution < 1.29 is 8.42 Å². The first-order valence-electron chi connectivity index (χ1n) is 8.19. The van der Waals surface area contributed by atoms with Crippen LogP contribution in [0.15, 0.2) is 40.5 Å². The molecule has 0 atom stereocenters. The molecule has 9 heteroatoms. The fourth-order valence-electron chi connectivity index (χ4n) is 3.17. The summed E-state index contributed by atoms with van der Waals surface area (Å²) in [5.41, 5.74) is 3.12. The Bertz CT molecular complexity index is 1080. The van der Waals surface area contributed by atoms with Gasteiger partial charge in [0.05, 0.1) is 22.8 Å². The van der Waals surface area contributed by atoms with Gasteiger partial charge in [0, 0.05) is 31.1 Å². The normalized spacial score (nSPS) is 13.8. The van der Waals surface area contributed by atoms with Crippen LogP contribution in [-0.4, -0.2) is 33.5 Å². The molecule has 0 saturated carbocycles. The molecule has 3 heterocycles. The Morgan fingerprint density at radius 1 is 1.23 bits per heavy atom. The van der Waals surface area contributed by atoms with E-state index in [0.29, 0.717) is 17.1 Å². The Morgan fingerprint density at radius 2 is 2.00 bits per heavy atom.